The molecule has 0 unspecified atom stereocenters. The highest BCUT2D eigenvalue weighted by atomic mass is 16.2. The van der Waals surface area contributed by atoms with E-state index in [1.807, 2.05) is 73.6 Å². The maximum Gasteiger partial charge on any atom is 0.319 e. The van der Waals surface area contributed by atoms with Crippen molar-refractivity contribution in [3.8, 4) is 0 Å². The highest BCUT2D eigenvalue weighted by molar-refractivity contribution is 5.89. The van der Waals surface area contributed by atoms with Crippen LogP contribution in [0, 0.1) is 0 Å². The molecule has 0 aliphatic rings. The fraction of sp³-hybridized carbons (Fsp3) is 0.188. The summed E-state index contributed by atoms with van der Waals surface area (Å²) in [6, 6.07) is 17.3. The molecular formula is C16H19N3O. The van der Waals surface area contributed by atoms with Gasteiger partial charge >= 0.3 is 6.03 Å². The van der Waals surface area contributed by atoms with Crippen LogP contribution in [0.3, 0.4) is 0 Å². The highest BCUT2D eigenvalue weighted by Gasteiger charge is 2.03. The first kappa shape index (κ1) is 13.9. The zero-order chi connectivity index (χ0) is 14.4. The van der Waals surface area contributed by atoms with Crippen LogP contribution in [0.25, 0.3) is 0 Å². The lowest BCUT2D eigenvalue weighted by atomic mass is 10.2. The van der Waals surface area contributed by atoms with Crippen LogP contribution in [0.5, 0.6) is 0 Å². The standard InChI is InChI=1S/C16H19N3O/c1-19(2)15-10-6-9-14(11-15)18-16(20)17-12-13-7-4-3-5-8-13/h3-11H,12H2,1-2H3,(H2,17,18,20). The van der Waals surface area contributed by atoms with Crippen LogP contribution in [-0.2, 0) is 6.54 Å². The molecule has 0 saturated carbocycles. The molecule has 0 bridgehead atoms. The quantitative estimate of drug-likeness (QED) is 0.896. The Morgan fingerprint density at radius 3 is 2.50 bits per heavy atom. The van der Waals surface area contributed by atoms with Crippen molar-refractivity contribution < 1.29 is 4.79 Å². The Labute approximate surface area is 119 Å². The lowest BCUT2D eigenvalue weighted by Gasteiger charge is -2.14. The molecule has 0 aromatic heterocycles. The number of benzene rings is 2. The number of carbonyl (C=O) groups is 1. The zero-order valence-corrected chi connectivity index (χ0v) is 11.8. The number of hydrogen-bond acceptors (Lipinski definition) is 2. The van der Waals surface area contributed by atoms with E-state index in [9.17, 15) is 4.79 Å². The molecule has 0 fully saturated rings. The van der Waals surface area contributed by atoms with Gasteiger partial charge in [0.15, 0.2) is 0 Å². The second-order valence-corrected chi connectivity index (χ2v) is 4.74. The molecule has 2 aromatic carbocycles. The summed E-state index contributed by atoms with van der Waals surface area (Å²) in [5.41, 5.74) is 2.90. The number of rotatable bonds is 4. The van der Waals surface area contributed by atoms with Gasteiger partial charge in [-0.05, 0) is 23.8 Å². The summed E-state index contributed by atoms with van der Waals surface area (Å²) < 4.78 is 0. The minimum Gasteiger partial charge on any atom is -0.378 e. The molecule has 2 amide bonds. The number of carbonyl (C=O) groups excluding carboxylic acids is 1. The van der Waals surface area contributed by atoms with Crippen molar-refractivity contribution in [3.05, 3.63) is 60.2 Å². The van der Waals surface area contributed by atoms with Gasteiger partial charge in [-0.2, -0.15) is 0 Å². The average molecular weight is 269 g/mol. The SMILES string of the molecule is CN(C)c1cccc(NC(=O)NCc2ccccc2)c1. The summed E-state index contributed by atoms with van der Waals surface area (Å²) in [6.45, 7) is 0.514. The molecule has 4 nitrogen and oxygen atoms in total. The van der Waals surface area contributed by atoms with E-state index in [2.05, 4.69) is 10.6 Å². The summed E-state index contributed by atoms with van der Waals surface area (Å²) in [5, 5.41) is 5.66. The molecule has 2 aromatic rings. The number of amides is 2. The van der Waals surface area contributed by atoms with Crippen molar-refractivity contribution in [2.45, 2.75) is 6.54 Å². The molecule has 0 radical (unpaired) electrons. The Morgan fingerprint density at radius 2 is 1.80 bits per heavy atom. The Kier molecular flexibility index (Phi) is 4.60. The van der Waals surface area contributed by atoms with Crippen molar-refractivity contribution in [2.24, 2.45) is 0 Å². The summed E-state index contributed by atoms with van der Waals surface area (Å²) in [6.07, 6.45) is 0. The number of urea groups is 1. The maximum atomic E-state index is 11.8. The van der Waals surface area contributed by atoms with Crippen LogP contribution in [0.15, 0.2) is 54.6 Å². The molecular weight excluding hydrogens is 250 g/mol. The molecule has 0 saturated heterocycles. The number of anilines is 2. The van der Waals surface area contributed by atoms with E-state index in [4.69, 9.17) is 0 Å². The third kappa shape index (κ3) is 4.02. The first-order valence-electron chi connectivity index (χ1n) is 6.51. The van der Waals surface area contributed by atoms with Gasteiger partial charge in [0.25, 0.3) is 0 Å². The molecule has 2 N–H and O–H groups in total. The predicted molar refractivity (Wildman–Crippen MR) is 83.1 cm³/mol. The van der Waals surface area contributed by atoms with Gasteiger partial charge in [-0.25, -0.2) is 4.79 Å². The highest BCUT2D eigenvalue weighted by Crippen LogP contribution is 2.17. The minimum atomic E-state index is -0.204. The summed E-state index contributed by atoms with van der Waals surface area (Å²) in [5.74, 6) is 0. The van der Waals surface area contributed by atoms with E-state index in [1.54, 1.807) is 0 Å². The van der Waals surface area contributed by atoms with Gasteiger partial charge < -0.3 is 15.5 Å². The second-order valence-electron chi connectivity index (χ2n) is 4.74. The van der Waals surface area contributed by atoms with Crippen LogP contribution < -0.4 is 15.5 Å². The summed E-state index contributed by atoms with van der Waals surface area (Å²) in [7, 11) is 3.93. The Morgan fingerprint density at radius 1 is 1.05 bits per heavy atom. The van der Waals surface area contributed by atoms with Gasteiger partial charge in [0, 0.05) is 32.0 Å². The van der Waals surface area contributed by atoms with E-state index in [0.717, 1.165) is 16.9 Å². The van der Waals surface area contributed by atoms with E-state index in [1.165, 1.54) is 0 Å². The van der Waals surface area contributed by atoms with E-state index < -0.39 is 0 Å². The molecule has 0 heterocycles. The smallest absolute Gasteiger partial charge is 0.319 e. The van der Waals surface area contributed by atoms with Crippen LogP contribution >= 0.6 is 0 Å². The largest absolute Gasteiger partial charge is 0.378 e. The topological polar surface area (TPSA) is 44.4 Å². The molecule has 0 atom stereocenters. The van der Waals surface area contributed by atoms with Crippen LogP contribution in [0.2, 0.25) is 0 Å². The first-order valence-corrected chi connectivity index (χ1v) is 6.51. The van der Waals surface area contributed by atoms with Crippen LogP contribution in [0.1, 0.15) is 5.56 Å². The molecule has 0 spiro atoms. The van der Waals surface area contributed by atoms with Crippen molar-refractivity contribution in [1.82, 2.24) is 5.32 Å². The molecule has 104 valence electrons. The first-order chi connectivity index (χ1) is 9.65. The van der Waals surface area contributed by atoms with Crippen molar-refractivity contribution in [2.75, 3.05) is 24.3 Å². The molecule has 20 heavy (non-hydrogen) atoms. The van der Waals surface area contributed by atoms with Crippen molar-refractivity contribution >= 4 is 17.4 Å². The monoisotopic (exact) mass is 269 g/mol. The third-order valence-corrected chi connectivity index (χ3v) is 2.92. The van der Waals surface area contributed by atoms with Gasteiger partial charge in [0.05, 0.1) is 0 Å². The van der Waals surface area contributed by atoms with Gasteiger partial charge in [0.2, 0.25) is 0 Å². The minimum absolute atomic E-state index is 0.204. The normalized spacial score (nSPS) is 9.90. The number of nitrogens with zero attached hydrogens (tertiary/aromatic N) is 1. The average Bonchev–Trinajstić information content (AvgIpc) is 2.46. The van der Waals surface area contributed by atoms with E-state index in [0.29, 0.717) is 6.54 Å². The van der Waals surface area contributed by atoms with E-state index >= 15 is 0 Å². The lowest BCUT2D eigenvalue weighted by Crippen LogP contribution is -2.28. The molecule has 4 heteroatoms. The maximum absolute atomic E-state index is 11.8. The molecule has 0 aliphatic heterocycles. The fourth-order valence-electron chi connectivity index (χ4n) is 1.82. The van der Waals surface area contributed by atoms with Gasteiger partial charge in [-0.15, -0.1) is 0 Å². The van der Waals surface area contributed by atoms with Crippen molar-refractivity contribution in [1.29, 1.82) is 0 Å². The van der Waals surface area contributed by atoms with Gasteiger partial charge in [-0.3, -0.25) is 0 Å². The Hall–Kier alpha value is -2.49. The zero-order valence-electron chi connectivity index (χ0n) is 11.8. The number of nitrogens with one attached hydrogen (secondary N) is 2. The van der Waals surface area contributed by atoms with Crippen LogP contribution in [0.4, 0.5) is 16.2 Å². The molecule has 0 aliphatic carbocycles. The van der Waals surface area contributed by atoms with Gasteiger partial charge in [0.1, 0.15) is 0 Å². The predicted octanol–water partition coefficient (Wildman–Crippen LogP) is 3.07. The van der Waals surface area contributed by atoms with Gasteiger partial charge in [-0.1, -0.05) is 36.4 Å². The number of hydrogen-bond donors (Lipinski definition) is 2. The summed E-state index contributed by atoms with van der Waals surface area (Å²) >= 11 is 0. The summed E-state index contributed by atoms with van der Waals surface area (Å²) in [4.78, 5) is 13.8. The fourth-order valence-corrected chi connectivity index (χ4v) is 1.82. The second kappa shape index (κ2) is 6.61. The third-order valence-electron chi connectivity index (χ3n) is 2.92. The van der Waals surface area contributed by atoms with Crippen molar-refractivity contribution in [3.63, 3.8) is 0 Å². The Balaban J connectivity index is 1.90. The Bertz CT molecular complexity index is 567. The van der Waals surface area contributed by atoms with Crippen LogP contribution in [-0.4, -0.2) is 20.1 Å². The van der Waals surface area contributed by atoms with E-state index in [-0.39, 0.29) is 6.03 Å². The molecule has 2 rings (SSSR count). The lowest BCUT2D eigenvalue weighted by molar-refractivity contribution is 0.251.